The molecule has 3 atom stereocenters. The second-order valence-electron chi connectivity index (χ2n) is 10.9. The van der Waals surface area contributed by atoms with Gasteiger partial charge in [-0.05, 0) is 56.2 Å². The summed E-state index contributed by atoms with van der Waals surface area (Å²) >= 11 is 0. The predicted octanol–water partition coefficient (Wildman–Crippen LogP) is 3.29. The highest BCUT2D eigenvalue weighted by Gasteiger charge is 2.47. The zero-order chi connectivity index (χ0) is 32.4. The summed E-state index contributed by atoms with van der Waals surface area (Å²) in [5.41, 5.74) is 4.02. The number of rotatable bonds is 8. The molecule has 2 aromatic carbocycles. The molecule has 0 radical (unpaired) electrons. The molecule has 1 aromatic heterocycles. The van der Waals surface area contributed by atoms with Gasteiger partial charge in [0.1, 0.15) is 12.4 Å². The van der Waals surface area contributed by atoms with E-state index in [1.165, 1.54) is 34.6 Å². The minimum absolute atomic E-state index is 0.0171. The van der Waals surface area contributed by atoms with Gasteiger partial charge in [-0.1, -0.05) is 18.2 Å². The molecule has 3 heterocycles. The van der Waals surface area contributed by atoms with Crippen molar-refractivity contribution >= 4 is 38.5 Å². The number of ether oxygens (including phenoxy) is 2. The maximum atomic E-state index is 13.5. The first kappa shape index (κ1) is 32.2. The Morgan fingerprint density at radius 3 is 2.51 bits per heavy atom. The minimum Gasteiger partial charge on any atom is -0.489 e. The van der Waals surface area contributed by atoms with Crippen LogP contribution >= 0.6 is 0 Å². The molecule has 15 heteroatoms. The lowest BCUT2D eigenvalue weighted by Gasteiger charge is -2.29. The van der Waals surface area contributed by atoms with E-state index in [-0.39, 0.29) is 31.1 Å². The van der Waals surface area contributed by atoms with Crippen LogP contribution in [-0.2, 0) is 40.4 Å². The van der Waals surface area contributed by atoms with E-state index < -0.39 is 57.4 Å². The molecule has 240 valence electrons. The summed E-state index contributed by atoms with van der Waals surface area (Å²) in [6, 6.07) is 13.9. The number of amides is 2. The van der Waals surface area contributed by atoms with Crippen LogP contribution in [-0.4, -0.2) is 73.8 Å². The van der Waals surface area contributed by atoms with E-state index in [2.05, 4.69) is 9.82 Å². The molecule has 2 saturated heterocycles. The van der Waals surface area contributed by atoms with Crippen molar-refractivity contribution in [3.63, 3.8) is 0 Å². The van der Waals surface area contributed by atoms with Crippen LogP contribution in [0.4, 0.5) is 13.2 Å². The number of fused-ring (bicyclic) bond motifs is 1. The van der Waals surface area contributed by atoms with Gasteiger partial charge in [0.25, 0.3) is 5.91 Å². The molecule has 0 saturated carbocycles. The number of carbonyl (C=O) groups is 3. The third-order valence-electron chi connectivity index (χ3n) is 7.82. The summed E-state index contributed by atoms with van der Waals surface area (Å²) in [6.07, 6.45) is -4.99. The van der Waals surface area contributed by atoms with E-state index in [4.69, 9.17) is 9.47 Å². The number of para-hydroxylation sites is 1. The van der Waals surface area contributed by atoms with E-state index in [0.717, 1.165) is 22.2 Å². The summed E-state index contributed by atoms with van der Waals surface area (Å²) < 4.78 is 76.0. The van der Waals surface area contributed by atoms with Crippen molar-refractivity contribution in [2.24, 2.45) is 11.8 Å². The molecule has 45 heavy (non-hydrogen) atoms. The third-order valence-corrected chi connectivity index (χ3v) is 9.59. The smallest absolute Gasteiger partial charge is 0.489 e. The van der Waals surface area contributed by atoms with Crippen molar-refractivity contribution in [2.45, 2.75) is 43.5 Å². The zero-order valence-electron chi connectivity index (χ0n) is 24.1. The first-order valence-corrected chi connectivity index (χ1v) is 15.8. The van der Waals surface area contributed by atoms with Gasteiger partial charge in [-0.15, -0.1) is 0 Å². The number of hydrogen-bond donors (Lipinski definition) is 1. The van der Waals surface area contributed by atoms with Crippen LogP contribution in [0.25, 0.3) is 10.9 Å². The number of aromatic nitrogens is 1. The van der Waals surface area contributed by atoms with Gasteiger partial charge in [-0.3, -0.25) is 14.6 Å². The average Bonchev–Trinajstić information content (AvgIpc) is 3.68. The molecule has 2 amide bonds. The highest BCUT2D eigenvalue weighted by atomic mass is 32.2. The molecule has 2 aliphatic heterocycles. The quantitative estimate of drug-likeness (QED) is 0.364. The monoisotopic (exact) mass is 649 g/mol. The number of aryl methyl sites for hydroxylation is 1. The molecular weight excluding hydrogens is 619 g/mol. The predicted molar refractivity (Wildman–Crippen MR) is 152 cm³/mol. The molecule has 3 aromatic rings. The highest BCUT2D eigenvalue weighted by Crippen LogP contribution is 2.31. The van der Waals surface area contributed by atoms with Gasteiger partial charge < -0.3 is 19.2 Å². The standard InChI is InChI=1S/C30H30F3N3O8S/c1-18-14-20(23-4-2-3-5-25(23)34-18)16-43-21-6-8-22(9-7-21)45(40,41)17-26-24(27(37)35-44-29(39)30(31,32)33)10-12-36(26)28(38)19-11-13-42-15-19/h2-9,14,19,24,26H,10-13,15-17H2,1H3,(H,35,37)/t19?,24-,26-/m0/s1. The highest BCUT2D eigenvalue weighted by molar-refractivity contribution is 7.91. The molecule has 5 rings (SSSR count). The first-order valence-electron chi connectivity index (χ1n) is 14.1. The van der Waals surface area contributed by atoms with Crippen molar-refractivity contribution in [1.82, 2.24) is 15.4 Å². The largest absolute Gasteiger partial charge is 0.493 e. The fourth-order valence-corrected chi connectivity index (χ4v) is 7.18. The van der Waals surface area contributed by atoms with E-state index in [9.17, 15) is 36.0 Å². The molecule has 2 fully saturated rings. The number of pyridine rings is 1. The lowest BCUT2D eigenvalue weighted by molar-refractivity contribution is -0.208. The Hall–Kier alpha value is -4.24. The normalized spacial score (nSPS) is 20.3. The summed E-state index contributed by atoms with van der Waals surface area (Å²) in [5, 5.41) is 0.925. The minimum atomic E-state index is -5.35. The summed E-state index contributed by atoms with van der Waals surface area (Å²) in [5.74, 6) is -6.30. The van der Waals surface area contributed by atoms with Crippen molar-refractivity contribution in [2.75, 3.05) is 25.5 Å². The van der Waals surface area contributed by atoms with Crippen LogP contribution in [0.5, 0.6) is 5.75 Å². The first-order chi connectivity index (χ1) is 21.3. The molecule has 1 unspecified atom stereocenters. The van der Waals surface area contributed by atoms with Crippen molar-refractivity contribution < 1.29 is 50.3 Å². The molecule has 0 aliphatic carbocycles. The van der Waals surface area contributed by atoms with Crippen LogP contribution in [0.15, 0.2) is 59.5 Å². The third kappa shape index (κ3) is 7.36. The number of nitrogens with zero attached hydrogens (tertiary/aromatic N) is 2. The second kappa shape index (κ2) is 13.0. The number of hydroxylamine groups is 1. The Morgan fingerprint density at radius 2 is 1.82 bits per heavy atom. The van der Waals surface area contributed by atoms with Crippen LogP contribution in [0.3, 0.4) is 0 Å². The lowest BCUT2D eigenvalue weighted by atomic mass is 10.0. The molecule has 0 bridgehead atoms. The Kier molecular flexibility index (Phi) is 9.30. The number of halogens is 3. The van der Waals surface area contributed by atoms with Crippen LogP contribution in [0.2, 0.25) is 0 Å². The topological polar surface area (TPSA) is 141 Å². The Bertz CT molecular complexity index is 1690. The van der Waals surface area contributed by atoms with E-state index >= 15 is 0 Å². The Balaban J connectivity index is 1.31. The second-order valence-corrected chi connectivity index (χ2v) is 12.9. The van der Waals surface area contributed by atoms with Gasteiger partial charge in [0, 0.05) is 29.8 Å². The van der Waals surface area contributed by atoms with Crippen molar-refractivity contribution in [3.8, 4) is 5.75 Å². The van der Waals surface area contributed by atoms with Crippen molar-refractivity contribution in [3.05, 3.63) is 65.9 Å². The number of nitrogens with one attached hydrogen (secondary N) is 1. The van der Waals surface area contributed by atoms with Crippen molar-refractivity contribution in [1.29, 1.82) is 0 Å². The number of benzene rings is 2. The fourth-order valence-electron chi connectivity index (χ4n) is 5.57. The van der Waals surface area contributed by atoms with E-state index in [0.29, 0.717) is 18.8 Å². The van der Waals surface area contributed by atoms with Gasteiger partial charge in [0.2, 0.25) is 5.91 Å². The van der Waals surface area contributed by atoms with Crippen LogP contribution in [0.1, 0.15) is 24.1 Å². The maximum absolute atomic E-state index is 13.5. The van der Waals surface area contributed by atoms with E-state index in [1.54, 1.807) is 0 Å². The summed E-state index contributed by atoms with van der Waals surface area (Å²) in [4.78, 5) is 46.7. The molecule has 1 N–H and O–H groups in total. The average molecular weight is 650 g/mol. The number of carbonyl (C=O) groups excluding carboxylic acids is 3. The number of alkyl halides is 3. The van der Waals surface area contributed by atoms with Gasteiger partial charge in [-0.2, -0.15) is 18.7 Å². The fraction of sp³-hybridized carbons (Fsp3) is 0.400. The van der Waals surface area contributed by atoms with Gasteiger partial charge in [0.05, 0.1) is 40.6 Å². The summed E-state index contributed by atoms with van der Waals surface area (Å²) in [7, 11) is -4.13. The molecule has 2 aliphatic rings. The number of hydrogen-bond acceptors (Lipinski definition) is 9. The molecular formula is C30H30F3N3O8S. The number of likely N-dealkylation sites (tertiary alicyclic amines) is 1. The SMILES string of the molecule is Cc1cc(COc2ccc(S(=O)(=O)C[C@H]3[C@@H](C(=O)NOC(=O)C(F)(F)F)CCN3C(=O)C3CCOC3)cc2)c2ccccc2n1. The van der Waals surface area contributed by atoms with E-state index in [1.807, 2.05) is 37.3 Å². The lowest BCUT2D eigenvalue weighted by Crippen LogP contribution is -2.48. The Labute approximate surface area is 256 Å². The van der Waals surface area contributed by atoms with Gasteiger partial charge >= 0.3 is 12.1 Å². The molecule has 11 nitrogen and oxygen atoms in total. The van der Waals surface area contributed by atoms with Crippen LogP contribution in [0, 0.1) is 18.8 Å². The zero-order valence-corrected chi connectivity index (χ0v) is 24.9. The van der Waals surface area contributed by atoms with Gasteiger partial charge in [0.15, 0.2) is 9.84 Å². The Morgan fingerprint density at radius 1 is 1.09 bits per heavy atom. The molecule has 0 spiro atoms. The maximum Gasteiger partial charge on any atom is 0.493 e. The summed E-state index contributed by atoms with van der Waals surface area (Å²) in [6.45, 7) is 2.53. The number of sulfone groups is 1. The van der Waals surface area contributed by atoms with Crippen LogP contribution < -0.4 is 10.2 Å². The van der Waals surface area contributed by atoms with Gasteiger partial charge in [-0.25, -0.2) is 13.2 Å².